The maximum absolute atomic E-state index is 12.0. The molecule has 1 N–H and O–H groups in total. The van der Waals surface area contributed by atoms with Gasteiger partial charge in [-0.25, -0.2) is 0 Å². The molecular formula is C18H15ClN2O5. The largest absolute Gasteiger partial charge is 0.486 e. The van der Waals surface area contributed by atoms with Crippen LogP contribution < -0.4 is 14.8 Å². The zero-order valence-electron chi connectivity index (χ0n) is 13.6. The van der Waals surface area contributed by atoms with E-state index in [0.717, 1.165) is 5.56 Å². The zero-order valence-corrected chi connectivity index (χ0v) is 14.4. The Morgan fingerprint density at radius 3 is 2.73 bits per heavy atom. The lowest BCUT2D eigenvalue weighted by molar-refractivity contribution is -0.384. The van der Waals surface area contributed by atoms with E-state index >= 15 is 0 Å². The van der Waals surface area contributed by atoms with Crippen LogP contribution >= 0.6 is 11.6 Å². The third-order valence-corrected chi connectivity index (χ3v) is 3.99. The molecule has 7 nitrogen and oxygen atoms in total. The number of hydrogen-bond donors (Lipinski definition) is 1. The van der Waals surface area contributed by atoms with Gasteiger partial charge in [-0.1, -0.05) is 23.7 Å². The lowest BCUT2D eigenvalue weighted by atomic mass is 10.1. The van der Waals surface area contributed by atoms with E-state index in [4.69, 9.17) is 21.1 Å². The van der Waals surface area contributed by atoms with Gasteiger partial charge >= 0.3 is 0 Å². The second-order valence-corrected chi connectivity index (χ2v) is 5.90. The summed E-state index contributed by atoms with van der Waals surface area (Å²) in [7, 11) is 0. The Kier molecular flexibility index (Phi) is 5.38. The fourth-order valence-corrected chi connectivity index (χ4v) is 2.58. The Morgan fingerprint density at radius 1 is 1.19 bits per heavy atom. The summed E-state index contributed by atoms with van der Waals surface area (Å²) in [5.41, 5.74) is 1.18. The van der Waals surface area contributed by atoms with Gasteiger partial charge in [0.2, 0.25) is 5.91 Å². The average molecular weight is 375 g/mol. The molecule has 1 aliphatic heterocycles. The molecule has 0 bridgehead atoms. The van der Waals surface area contributed by atoms with Crippen molar-refractivity contribution < 1.29 is 19.2 Å². The van der Waals surface area contributed by atoms with Crippen molar-refractivity contribution in [2.75, 3.05) is 13.2 Å². The first-order valence-corrected chi connectivity index (χ1v) is 8.19. The van der Waals surface area contributed by atoms with E-state index in [9.17, 15) is 14.9 Å². The van der Waals surface area contributed by atoms with E-state index in [0.29, 0.717) is 36.8 Å². The van der Waals surface area contributed by atoms with Crippen LogP contribution in [-0.2, 0) is 11.3 Å². The first-order chi connectivity index (χ1) is 12.5. The van der Waals surface area contributed by atoms with Crippen LogP contribution in [0.25, 0.3) is 6.08 Å². The van der Waals surface area contributed by atoms with Gasteiger partial charge in [0.1, 0.15) is 18.2 Å². The number of hydrogen-bond acceptors (Lipinski definition) is 5. The molecule has 0 radical (unpaired) electrons. The van der Waals surface area contributed by atoms with Crippen molar-refractivity contribution >= 4 is 29.3 Å². The standard InChI is InChI=1S/C18H15ClN2O5/c19-14-4-1-12(9-15(14)21(23)24)3-6-18(22)20-11-13-2-5-16-17(10-13)26-8-7-25-16/h1-6,9-10H,7-8,11H2,(H,20,22). The number of nitrogens with zero attached hydrogens (tertiary/aromatic N) is 1. The second-order valence-electron chi connectivity index (χ2n) is 5.50. The molecule has 0 saturated heterocycles. The smallest absolute Gasteiger partial charge is 0.288 e. The van der Waals surface area contributed by atoms with Crippen molar-refractivity contribution in [2.24, 2.45) is 0 Å². The minimum absolute atomic E-state index is 0.0511. The normalized spacial score (nSPS) is 12.8. The van der Waals surface area contributed by atoms with Crippen molar-refractivity contribution in [1.29, 1.82) is 0 Å². The van der Waals surface area contributed by atoms with Crippen LogP contribution in [0.1, 0.15) is 11.1 Å². The summed E-state index contributed by atoms with van der Waals surface area (Å²) >= 11 is 5.76. The molecule has 3 rings (SSSR count). The maximum Gasteiger partial charge on any atom is 0.288 e. The van der Waals surface area contributed by atoms with Crippen LogP contribution in [0, 0.1) is 10.1 Å². The highest BCUT2D eigenvalue weighted by atomic mass is 35.5. The lowest BCUT2D eigenvalue weighted by Gasteiger charge is -2.18. The first-order valence-electron chi connectivity index (χ1n) is 7.81. The fourth-order valence-electron chi connectivity index (χ4n) is 2.39. The van der Waals surface area contributed by atoms with Crippen molar-refractivity contribution in [3.63, 3.8) is 0 Å². The molecular weight excluding hydrogens is 360 g/mol. The molecule has 0 saturated carbocycles. The van der Waals surface area contributed by atoms with Crippen molar-refractivity contribution in [2.45, 2.75) is 6.54 Å². The van der Waals surface area contributed by atoms with E-state index in [1.165, 1.54) is 24.3 Å². The van der Waals surface area contributed by atoms with E-state index in [1.807, 2.05) is 12.1 Å². The van der Waals surface area contributed by atoms with Gasteiger partial charge in [0.15, 0.2) is 11.5 Å². The summed E-state index contributed by atoms with van der Waals surface area (Å²) in [6.45, 7) is 1.34. The molecule has 0 aromatic heterocycles. The molecule has 8 heteroatoms. The molecule has 0 atom stereocenters. The van der Waals surface area contributed by atoms with Crippen LogP contribution in [0.2, 0.25) is 5.02 Å². The number of nitro groups is 1. The van der Waals surface area contributed by atoms with E-state index in [1.54, 1.807) is 12.1 Å². The molecule has 26 heavy (non-hydrogen) atoms. The van der Waals surface area contributed by atoms with Gasteiger partial charge in [0, 0.05) is 18.7 Å². The summed E-state index contributed by atoms with van der Waals surface area (Å²) in [6, 6.07) is 9.80. The van der Waals surface area contributed by atoms with Gasteiger partial charge in [0.25, 0.3) is 5.69 Å². The molecule has 2 aromatic rings. The number of amides is 1. The van der Waals surface area contributed by atoms with Crippen LogP contribution in [-0.4, -0.2) is 24.0 Å². The molecule has 1 amide bonds. The molecule has 134 valence electrons. The van der Waals surface area contributed by atoms with Gasteiger partial charge in [-0.3, -0.25) is 14.9 Å². The number of benzene rings is 2. The third-order valence-electron chi connectivity index (χ3n) is 3.67. The SMILES string of the molecule is O=C(C=Cc1ccc(Cl)c([N+](=O)[O-])c1)NCc1ccc2c(c1)OCCO2. The van der Waals surface area contributed by atoms with E-state index in [-0.39, 0.29) is 16.6 Å². The van der Waals surface area contributed by atoms with Crippen LogP contribution in [0.3, 0.4) is 0 Å². The Morgan fingerprint density at radius 2 is 1.96 bits per heavy atom. The van der Waals surface area contributed by atoms with Crippen LogP contribution in [0.15, 0.2) is 42.5 Å². The van der Waals surface area contributed by atoms with Gasteiger partial charge in [-0.2, -0.15) is 0 Å². The van der Waals surface area contributed by atoms with Crippen LogP contribution in [0.5, 0.6) is 11.5 Å². The number of rotatable bonds is 5. The Hall–Kier alpha value is -3.06. The highest BCUT2D eigenvalue weighted by molar-refractivity contribution is 6.32. The second kappa shape index (κ2) is 7.88. The number of carbonyl (C=O) groups excluding carboxylic acids is 1. The molecule has 1 heterocycles. The molecule has 2 aromatic carbocycles. The monoisotopic (exact) mass is 374 g/mol. The lowest BCUT2D eigenvalue weighted by Crippen LogP contribution is -2.20. The Bertz CT molecular complexity index is 882. The van der Waals surface area contributed by atoms with Crippen molar-refractivity contribution in [1.82, 2.24) is 5.32 Å². The quantitative estimate of drug-likeness (QED) is 0.492. The van der Waals surface area contributed by atoms with Crippen LogP contribution in [0.4, 0.5) is 5.69 Å². The predicted octanol–water partition coefficient (Wildman–Crippen LogP) is 3.35. The first kappa shape index (κ1) is 17.8. The molecule has 0 spiro atoms. The maximum atomic E-state index is 12.0. The topological polar surface area (TPSA) is 90.7 Å². The summed E-state index contributed by atoms with van der Waals surface area (Å²) in [4.78, 5) is 22.3. The van der Waals surface area contributed by atoms with Crippen molar-refractivity contribution in [3.8, 4) is 11.5 Å². The molecule has 0 fully saturated rings. The molecule has 0 unspecified atom stereocenters. The third kappa shape index (κ3) is 4.31. The van der Waals surface area contributed by atoms with Gasteiger partial charge in [0.05, 0.1) is 4.92 Å². The highest BCUT2D eigenvalue weighted by Crippen LogP contribution is 2.30. The highest BCUT2D eigenvalue weighted by Gasteiger charge is 2.13. The summed E-state index contributed by atoms with van der Waals surface area (Å²) in [5, 5.41) is 13.7. The number of halogens is 1. The van der Waals surface area contributed by atoms with Gasteiger partial charge in [-0.05, 0) is 35.4 Å². The van der Waals surface area contributed by atoms with E-state index < -0.39 is 4.92 Å². The summed E-state index contributed by atoms with van der Waals surface area (Å²) in [5.74, 6) is 1.03. The summed E-state index contributed by atoms with van der Waals surface area (Å²) in [6.07, 6.45) is 2.80. The van der Waals surface area contributed by atoms with Crippen molar-refractivity contribution in [3.05, 3.63) is 68.7 Å². The fraction of sp³-hybridized carbons (Fsp3) is 0.167. The van der Waals surface area contributed by atoms with Gasteiger partial charge < -0.3 is 14.8 Å². The number of carbonyl (C=O) groups is 1. The number of fused-ring (bicyclic) bond motifs is 1. The number of nitro benzene ring substituents is 1. The minimum atomic E-state index is -0.568. The average Bonchev–Trinajstić information content (AvgIpc) is 2.65. The number of ether oxygens (including phenoxy) is 2. The molecule has 0 aliphatic carbocycles. The summed E-state index contributed by atoms with van der Waals surface area (Å²) < 4.78 is 10.9. The predicted molar refractivity (Wildman–Crippen MR) is 96.4 cm³/mol. The number of nitrogens with one attached hydrogen (secondary N) is 1. The zero-order chi connectivity index (χ0) is 18.5. The van der Waals surface area contributed by atoms with Gasteiger partial charge in [-0.15, -0.1) is 0 Å². The Labute approximate surface area is 154 Å². The Balaban J connectivity index is 1.60. The van der Waals surface area contributed by atoms with E-state index in [2.05, 4.69) is 5.32 Å². The molecule has 1 aliphatic rings. The minimum Gasteiger partial charge on any atom is -0.486 e.